The first-order chi connectivity index (χ1) is 12.5. The third-order valence-corrected chi connectivity index (χ3v) is 3.51. The molecule has 0 heterocycles. The Balaban J connectivity index is 2.14. The van der Waals surface area contributed by atoms with E-state index < -0.39 is 10.9 Å². The Labute approximate surface area is 150 Å². The van der Waals surface area contributed by atoms with Crippen LogP contribution in [0.3, 0.4) is 0 Å². The third kappa shape index (κ3) is 5.03. The molecule has 0 fully saturated rings. The number of hydrogen-bond donors (Lipinski definition) is 1. The number of rotatable bonds is 8. The Morgan fingerprint density at radius 2 is 2.00 bits per heavy atom. The van der Waals surface area contributed by atoms with Crippen LogP contribution < -0.4 is 5.32 Å². The number of carbonyl (C=O) groups excluding carboxylic acids is 1. The van der Waals surface area contributed by atoms with Crippen molar-refractivity contribution >= 4 is 17.3 Å². The standard InChI is InChI=1S/C18H17N3O5/c1-25-9-8-20-17-7-6-15(21(23)24)10-16(17)18(22)26-12-14-4-2-13(11-19)3-5-14/h2-7,10,20H,8-9,12H2,1H3. The van der Waals surface area contributed by atoms with Crippen LogP contribution >= 0.6 is 0 Å². The number of benzene rings is 2. The van der Waals surface area contributed by atoms with Gasteiger partial charge in [0.1, 0.15) is 6.61 Å². The fraction of sp³-hybridized carbons (Fsp3) is 0.222. The van der Waals surface area contributed by atoms with Gasteiger partial charge in [-0.2, -0.15) is 5.26 Å². The maximum atomic E-state index is 12.4. The van der Waals surface area contributed by atoms with Gasteiger partial charge in [0, 0.05) is 31.5 Å². The lowest BCUT2D eigenvalue weighted by molar-refractivity contribution is -0.384. The highest BCUT2D eigenvalue weighted by atomic mass is 16.6. The van der Waals surface area contributed by atoms with Gasteiger partial charge in [0.2, 0.25) is 0 Å². The van der Waals surface area contributed by atoms with Crippen molar-refractivity contribution in [3.05, 3.63) is 69.3 Å². The van der Waals surface area contributed by atoms with Crippen molar-refractivity contribution in [2.75, 3.05) is 25.6 Å². The summed E-state index contributed by atoms with van der Waals surface area (Å²) in [4.78, 5) is 22.8. The van der Waals surface area contributed by atoms with E-state index in [9.17, 15) is 14.9 Å². The summed E-state index contributed by atoms with van der Waals surface area (Å²) in [6, 6.07) is 12.6. The SMILES string of the molecule is COCCNc1ccc([N+](=O)[O-])cc1C(=O)OCc1ccc(C#N)cc1. The van der Waals surface area contributed by atoms with E-state index >= 15 is 0 Å². The maximum absolute atomic E-state index is 12.4. The Morgan fingerprint density at radius 3 is 2.62 bits per heavy atom. The Morgan fingerprint density at radius 1 is 1.27 bits per heavy atom. The summed E-state index contributed by atoms with van der Waals surface area (Å²) in [6.07, 6.45) is 0. The van der Waals surface area contributed by atoms with E-state index in [1.54, 1.807) is 31.4 Å². The molecule has 0 aliphatic heterocycles. The highest BCUT2D eigenvalue weighted by molar-refractivity contribution is 5.96. The molecule has 0 aliphatic rings. The zero-order valence-corrected chi connectivity index (χ0v) is 14.1. The minimum atomic E-state index is -0.682. The predicted octanol–water partition coefficient (Wildman–Crippen LogP) is 2.88. The van der Waals surface area contributed by atoms with E-state index in [1.807, 2.05) is 6.07 Å². The molecular weight excluding hydrogens is 338 g/mol. The van der Waals surface area contributed by atoms with Crippen LogP contribution in [0.5, 0.6) is 0 Å². The molecule has 0 saturated carbocycles. The number of non-ortho nitro benzene ring substituents is 1. The van der Waals surface area contributed by atoms with Crippen LogP contribution in [0.15, 0.2) is 42.5 Å². The Hall–Kier alpha value is -3.44. The van der Waals surface area contributed by atoms with E-state index in [1.165, 1.54) is 18.2 Å². The molecule has 8 nitrogen and oxygen atoms in total. The van der Waals surface area contributed by atoms with Gasteiger partial charge in [-0.15, -0.1) is 0 Å². The number of nitriles is 1. The van der Waals surface area contributed by atoms with Crippen LogP contribution in [-0.2, 0) is 16.1 Å². The molecule has 2 aromatic carbocycles. The van der Waals surface area contributed by atoms with Crippen LogP contribution in [0.4, 0.5) is 11.4 Å². The second-order valence-electron chi connectivity index (χ2n) is 5.29. The second-order valence-corrected chi connectivity index (χ2v) is 5.29. The number of nitrogens with zero attached hydrogens (tertiary/aromatic N) is 2. The number of esters is 1. The number of ether oxygens (including phenoxy) is 2. The molecule has 0 aromatic heterocycles. The molecule has 0 bridgehead atoms. The third-order valence-electron chi connectivity index (χ3n) is 3.51. The number of carbonyl (C=O) groups is 1. The van der Waals surface area contributed by atoms with Gasteiger partial charge in [-0.25, -0.2) is 4.79 Å². The lowest BCUT2D eigenvalue weighted by atomic mass is 10.1. The molecule has 1 N–H and O–H groups in total. The van der Waals surface area contributed by atoms with Gasteiger partial charge in [0.25, 0.3) is 5.69 Å². The van der Waals surface area contributed by atoms with Gasteiger partial charge in [0.05, 0.1) is 28.7 Å². The summed E-state index contributed by atoms with van der Waals surface area (Å²) >= 11 is 0. The second kappa shape index (κ2) is 9.15. The van der Waals surface area contributed by atoms with Crippen molar-refractivity contribution in [1.29, 1.82) is 5.26 Å². The number of nitro groups is 1. The average molecular weight is 355 g/mol. The Kier molecular flexibility index (Phi) is 6.65. The highest BCUT2D eigenvalue weighted by Crippen LogP contribution is 2.23. The zero-order chi connectivity index (χ0) is 18.9. The lowest BCUT2D eigenvalue weighted by Crippen LogP contribution is -2.13. The van der Waals surface area contributed by atoms with Gasteiger partial charge in [-0.05, 0) is 23.8 Å². The Bertz CT molecular complexity index is 828. The topological polar surface area (TPSA) is 114 Å². The molecule has 0 atom stereocenters. The van der Waals surface area contributed by atoms with Crippen LogP contribution in [-0.4, -0.2) is 31.2 Å². The number of anilines is 1. The van der Waals surface area contributed by atoms with Crippen molar-refractivity contribution < 1.29 is 19.2 Å². The van der Waals surface area contributed by atoms with Gasteiger partial charge in [-0.1, -0.05) is 12.1 Å². The summed E-state index contributed by atoms with van der Waals surface area (Å²) in [7, 11) is 1.55. The van der Waals surface area contributed by atoms with E-state index in [4.69, 9.17) is 14.7 Å². The van der Waals surface area contributed by atoms with Crippen LogP contribution in [0.25, 0.3) is 0 Å². The monoisotopic (exact) mass is 355 g/mol. The fourth-order valence-corrected chi connectivity index (χ4v) is 2.16. The molecule has 0 unspecified atom stereocenters. The van der Waals surface area contributed by atoms with Crippen molar-refractivity contribution in [2.45, 2.75) is 6.61 Å². The number of nitrogens with one attached hydrogen (secondary N) is 1. The minimum absolute atomic E-state index is 0.00918. The van der Waals surface area contributed by atoms with Crippen LogP contribution in [0.1, 0.15) is 21.5 Å². The van der Waals surface area contributed by atoms with E-state index in [-0.39, 0.29) is 17.9 Å². The van der Waals surface area contributed by atoms with Gasteiger partial charge in [0.15, 0.2) is 0 Å². The van der Waals surface area contributed by atoms with Crippen molar-refractivity contribution in [1.82, 2.24) is 0 Å². The first-order valence-corrected chi connectivity index (χ1v) is 7.72. The predicted molar refractivity (Wildman–Crippen MR) is 93.7 cm³/mol. The number of methoxy groups -OCH3 is 1. The van der Waals surface area contributed by atoms with E-state index in [2.05, 4.69) is 5.32 Å². The van der Waals surface area contributed by atoms with Gasteiger partial charge >= 0.3 is 5.97 Å². The minimum Gasteiger partial charge on any atom is -0.457 e. The first-order valence-electron chi connectivity index (χ1n) is 7.72. The average Bonchev–Trinajstić information content (AvgIpc) is 2.66. The molecule has 0 saturated heterocycles. The summed E-state index contributed by atoms with van der Waals surface area (Å²) in [6.45, 7) is 0.839. The summed E-state index contributed by atoms with van der Waals surface area (Å²) in [5.74, 6) is -0.682. The molecule has 0 amide bonds. The normalized spacial score (nSPS) is 10.0. The molecule has 26 heavy (non-hydrogen) atoms. The molecule has 2 rings (SSSR count). The smallest absolute Gasteiger partial charge is 0.340 e. The maximum Gasteiger partial charge on any atom is 0.340 e. The number of nitro benzene ring substituents is 1. The van der Waals surface area contributed by atoms with E-state index in [0.29, 0.717) is 30.0 Å². The fourth-order valence-electron chi connectivity index (χ4n) is 2.16. The van der Waals surface area contributed by atoms with Crippen LogP contribution in [0, 0.1) is 21.4 Å². The van der Waals surface area contributed by atoms with Gasteiger partial charge in [-0.3, -0.25) is 10.1 Å². The van der Waals surface area contributed by atoms with Gasteiger partial charge < -0.3 is 14.8 Å². The van der Waals surface area contributed by atoms with Crippen molar-refractivity contribution in [2.24, 2.45) is 0 Å². The lowest BCUT2D eigenvalue weighted by Gasteiger charge is -2.11. The quantitative estimate of drug-likeness (QED) is 0.335. The summed E-state index contributed by atoms with van der Waals surface area (Å²) in [5.41, 5.74) is 1.51. The van der Waals surface area contributed by atoms with Crippen LogP contribution in [0.2, 0.25) is 0 Å². The number of hydrogen-bond acceptors (Lipinski definition) is 7. The summed E-state index contributed by atoms with van der Waals surface area (Å²) in [5, 5.41) is 22.7. The molecule has 0 spiro atoms. The zero-order valence-electron chi connectivity index (χ0n) is 14.1. The molecular formula is C18H17N3O5. The van der Waals surface area contributed by atoms with Crippen molar-refractivity contribution in [3.8, 4) is 6.07 Å². The molecule has 8 heteroatoms. The van der Waals surface area contributed by atoms with Crippen molar-refractivity contribution in [3.63, 3.8) is 0 Å². The molecule has 134 valence electrons. The molecule has 2 aromatic rings. The largest absolute Gasteiger partial charge is 0.457 e. The highest BCUT2D eigenvalue weighted by Gasteiger charge is 2.18. The summed E-state index contributed by atoms with van der Waals surface area (Å²) < 4.78 is 10.2. The molecule has 0 radical (unpaired) electrons. The molecule has 0 aliphatic carbocycles. The first kappa shape index (κ1) is 18.9. The van der Waals surface area contributed by atoms with E-state index in [0.717, 1.165) is 0 Å².